The summed E-state index contributed by atoms with van der Waals surface area (Å²) in [6.45, 7) is 0.461. The van der Waals surface area contributed by atoms with Gasteiger partial charge in [-0.1, -0.05) is 47.8 Å². The van der Waals surface area contributed by atoms with Crippen molar-refractivity contribution in [2.45, 2.75) is 31.1 Å². The molecule has 2 aromatic carbocycles. The number of halogens is 11. The number of thioether (sulfide) groups is 1. The number of primary amides is 1. The van der Waals surface area contributed by atoms with Crippen LogP contribution in [0, 0.1) is 0 Å². The molecule has 0 saturated carbocycles. The largest absolute Gasteiger partial charge is 0.417 e. The standard InChI is InChI=1S/C23H18Cl3F8NOS/c1-10(9-37-5-4-27)18-12(2-3-13(21(35)36)19(18)23(32,33)34)17(28)8-14(22(29,30)31)11-6-15(24)20(26)16(25)7-11/h2-3,6-8,10,14H,4-5,9H2,1H3,(H2,35,36)/b17-8-/t10-,14?/m0/s1. The number of alkyl halides is 7. The fourth-order valence-electron chi connectivity index (χ4n) is 3.62. The monoisotopic (exact) mass is 613 g/mol. The Bertz CT molecular complexity index is 1160. The summed E-state index contributed by atoms with van der Waals surface area (Å²) in [6.07, 6.45) is -10.2. The zero-order valence-electron chi connectivity index (χ0n) is 18.7. The van der Waals surface area contributed by atoms with Gasteiger partial charge in [0.25, 0.3) is 0 Å². The van der Waals surface area contributed by atoms with E-state index in [4.69, 9.17) is 40.5 Å². The van der Waals surface area contributed by atoms with Crippen molar-refractivity contribution in [3.8, 4) is 0 Å². The Morgan fingerprint density at radius 3 is 2.05 bits per heavy atom. The smallest absolute Gasteiger partial charge is 0.366 e. The minimum absolute atomic E-state index is 0.0803. The normalized spacial score (nSPS) is 14.5. The first-order chi connectivity index (χ1) is 17.0. The number of carbonyl (C=O) groups is 1. The van der Waals surface area contributed by atoms with Crippen molar-refractivity contribution in [3.63, 3.8) is 0 Å². The van der Waals surface area contributed by atoms with Crippen molar-refractivity contribution < 1.29 is 39.9 Å². The van der Waals surface area contributed by atoms with Gasteiger partial charge in [0.05, 0.1) is 32.9 Å². The third-order valence-corrected chi connectivity index (χ3v) is 7.54. The summed E-state index contributed by atoms with van der Waals surface area (Å²) in [6, 6.07) is 2.97. The second-order valence-corrected chi connectivity index (χ2v) is 10.2. The Kier molecular flexibility index (Phi) is 10.6. The van der Waals surface area contributed by atoms with Crippen molar-refractivity contribution in [2.24, 2.45) is 5.73 Å². The number of rotatable bonds is 9. The summed E-state index contributed by atoms with van der Waals surface area (Å²) in [4.78, 5) is 11.7. The third kappa shape index (κ3) is 7.68. The first-order valence-corrected chi connectivity index (χ1v) is 12.6. The first kappa shape index (κ1) is 31.5. The van der Waals surface area contributed by atoms with Gasteiger partial charge in [0, 0.05) is 17.1 Å². The lowest BCUT2D eigenvalue weighted by Gasteiger charge is -2.24. The van der Waals surface area contributed by atoms with Gasteiger partial charge in [0.15, 0.2) is 0 Å². The molecule has 0 heterocycles. The van der Waals surface area contributed by atoms with Crippen molar-refractivity contribution >= 4 is 58.3 Å². The minimum atomic E-state index is -5.21. The van der Waals surface area contributed by atoms with E-state index >= 15 is 4.39 Å². The molecule has 0 aliphatic heterocycles. The van der Waals surface area contributed by atoms with E-state index in [0.29, 0.717) is 6.07 Å². The summed E-state index contributed by atoms with van der Waals surface area (Å²) in [5.41, 5.74) is 0.321. The average molecular weight is 615 g/mol. The first-order valence-electron chi connectivity index (χ1n) is 10.3. The van der Waals surface area contributed by atoms with Crippen molar-refractivity contribution in [3.05, 3.63) is 73.2 Å². The molecule has 0 spiro atoms. The second kappa shape index (κ2) is 12.4. The van der Waals surface area contributed by atoms with Crippen LogP contribution in [0.25, 0.3) is 5.83 Å². The topological polar surface area (TPSA) is 43.1 Å². The fourth-order valence-corrected chi connectivity index (χ4v) is 5.03. The quantitative estimate of drug-likeness (QED) is 0.174. The van der Waals surface area contributed by atoms with Gasteiger partial charge in [-0.25, -0.2) is 4.39 Å². The van der Waals surface area contributed by atoms with Crippen LogP contribution in [0.1, 0.15) is 51.4 Å². The van der Waals surface area contributed by atoms with Crippen LogP contribution in [-0.4, -0.2) is 30.3 Å². The number of allylic oxidation sites excluding steroid dienone is 1. The third-order valence-electron chi connectivity index (χ3n) is 5.16. The van der Waals surface area contributed by atoms with Crippen LogP contribution < -0.4 is 5.73 Å². The Morgan fingerprint density at radius 2 is 1.59 bits per heavy atom. The molecule has 1 unspecified atom stereocenters. The lowest BCUT2D eigenvalue weighted by molar-refractivity contribution is -0.140. The molecule has 37 heavy (non-hydrogen) atoms. The molecular formula is C23H18Cl3F8NOS. The number of hydrogen-bond donors (Lipinski definition) is 1. The number of benzene rings is 2. The molecule has 0 fully saturated rings. The Morgan fingerprint density at radius 1 is 1.05 bits per heavy atom. The van der Waals surface area contributed by atoms with E-state index in [9.17, 15) is 35.5 Å². The van der Waals surface area contributed by atoms with Crippen LogP contribution in [0.15, 0.2) is 30.3 Å². The van der Waals surface area contributed by atoms with E-state index < -0.39 is 70.4 Å². The number of hydrogen-bond acceptors (Lipinski definition) is 2. The minimum Gasteiger partial charge on any atom is -0.366 e. The average Bonchev–Trinajstić information content (AvgIpc) is 2.78. The van der Waals surface area contributed by atoms with Gasteiger partial charge in [0.2, 0.25) is 5.91 Å². The summed E-state index contributed by atoms with van der Waals surface area (Å²) in [5.74, 6) is -7.18. The SMILES string of the molecule is C[C@@H](CSCCF)c1c(/C(F)=C/C(c2cc(Cl)c(Cl)c(Cl)c2)C(F)(F)F)ccc(C(N)=O)c1C(F)(F)F. The van der Waals surface area contributed by atoms with Gasteiger partial charge in [-0.2, -0.15) is 38.1 Å². The van der Waals surface area contributed by atoms with Crippen molar-refractivity contribution in [1.82, 2.24) is 0 Å². The van der Waals surface area contributed by atoms with Gasteiger partial charge in [-0.05, 0) is 41.3 Å². The zero-order valence-corrected chi connectivity index (χ0v) is 21.8. The highest BCUT2D eigenvalue weighted by atomic mass is 35.5. The summed E-state index contributed by atoms with van der Waals surface area (Å²) >= 11 is 18.3. The van der Waals surface area contributed by atoms with Gasteiger partial charge in [0.1, 0.15) is 11.7 Å². The van der Waals surface area contributed by atoms with Gasteiger partial charge in [-0.3, -0.25) is 9.18 Å². The molecule has 204 valence electrons. The Balaban J connectivity index is 2.83. The molecule has 0 aliphatic rings. The van der Waals surface area contributed by atoms with E-state index in [1.54, 1.807) is 0 Å². The molecule has 0 bridgehead atoms. The molecule has 0 aliphatic carbocycles. The lowest BCUT2D eigenvalue weighted by atomic mass is 9.86. The highest BCUT2D eigenvalue weighted by molar-refractivity contribution is 7.99. The lowest BCUT2D eigenvalue weighted by Crippen LogP contribution is -2.23. The van der Waals surface area contributed by atoms with E-state index in [-0.39, 0.29) is 32.6 Å². The van der Waals surface area contributed by atoms with Crippen LogP contribution in [0.2, 0.25) is 15.1 Å². The maximum absolute atomic E-state index is 15.5. The maximum atomic E-state index is 15.5. The van der Waals surface area contributed by atoms with Gasteiger partial charge >= 0.3 is 12.4 Å². The van der Waals surface area contributed by atoms with Crippen LogP contribution in [0.4, 0.5) is 35.1 Å². The Hall–Kier alpha value is -1.69. The molecule has 2 rings (SSSR count). The molecule has 2 N–H and O–H groups in total. The van der Waals surface area contributed by atoms with E-state index in [1.165, 1.54) is 6.92 Å². The van der Waals surface area contributed by atoms with E-state index in [1.807, 2.05) is 0 Å². The highest BCUT2D eigenvalue weighted by Crippen LogP contribution is 2.45. The van der Waals surface area contributed by atoms with Crippen molar-refractivity contribution in [2.75, 3.05) is 18.2 Å². The van der Waals surface area contributed by atoms with E-state index in [0.717, 1.165) is 30.0 Å². The molecule has 14 heteroatoms. The summed E-state index contributed by atoms with van der Waals surface area (Å²) in [7, 11) is 0. The molecule has 2 atom stereocenters. The Labute approximate surface area is 226 Å². The molecule has 1 amide bonds. The fraction of sp³-hybridized carbons (Fsp3) is 0.348. The predicted molar refractivity (Wildman–Crippen MR) is 131 cm³/mol. The van der Waals surface area contributed by atoms with Gasteiger partial charge in [-0.15, -0.1) is 0 Å². The maximum Gasteiger partial charge on any atom is 0.417 e. The summed E-state index contributed by atoms with van der Waals surface area (Å²) in [5, 5.41) is -0.940. The summed E-state index contributed by atoms with van der Waals surface area (Å²) < 4.78 is 112. The van der Waals surface area contributed by atoms with Crippen molar-refractivity contribution in [1.29, 1.82) is 0 Å². The van der Waals surface area contributed by atoms with Crippen LogP contribution in [0.3, 0.4) is 0 Å². The van der Waals surface area contributed by atoms with Gasteiger partial charge < -0.3 is 5.73 Å². The number of carbonyl (C=O) groups excluding carboxylic acids is 1. The molecule has 2 aromatic rings. The number of amides is 1. The van der Waals surface area contributed by atoms with E-state index in [2.05, 4.69) is 0 Å². The number of nitrogens with two attached hydrogens (primary N) is 1. The van der Waals surface area contributed by atoms with Crippen LogP contribution >= 0.6 is 46.6 Å². The molecule has 0 saturated heterocycles. The van der Waals surface area contributed by atoms with Crippen LogP contribution in [-0.2, 0) is 6.18 Å². The zero-order chi connectivity index (χ0) is 28.3. The molecule has 2 nitrogen and oxygen atoms in total. The second-order valence-electron chi connectivity index (χ2n) is 7.81. The predicted octanol–water partition coefficient (Wildman–Crippen LogP) is 9.23. The van der Waals surface area contributed by atoms with Crippen LogP contribution in [0.5, 0.6) is 0 Å². The molecule has 0 aromatic heterocycles. The molecule has 0 radical (unpaired) electrons. The molecular weight excluding hydrogens is 597 g/mol. The highest BCUT2D eigenvalue weighted by Gasteiger charge is 2.42.